The Morgan fingerprint density at radius 1 is 0.857 bits per heavy atom. The molecule has 0 aliphatic carbocycles. The monoisotopic (exact) mass is 489 g/mol. The quantitative estimate of drug-likeness (QED) is 0.0924. The van der Waals surface area contributed by atoms with Gasteiger partial charge in [0.05, 0.1) is 12.5 Å². The summed E-state index contributed by atoms with van der Waals surface area (Å²) in [5, 5.41) is 21.4. The van der Waals surface area contributed by atoms with Crippen molar-refractivity contribution in [2.45, 2.75) is 109 Å². The van der Waals surface area contributed by atoms with E-state index < -0.39 is 24.5 Å². The fraction of sp³-hybridized carbons (Fsp3) is 0.655. The minimum Gasteiger partial charge on any atom is -0.481 e. The van der Waals surface area contributed by atoms with Crippen LogP contribution < -0.4 is 5.32 Å². The number of nitrogens with one attached hydrogen (secondary N) is 1. The Hall–Kier alpha value is -2.34. The summed E-state index contributed by atoms with van der Waals surface area (Å²) in [5.74, 6) is -1.75. The third-order valence-corrected chi connectivity index (χ3v) is 6.01. The second-order valence-electron chi connectivity index (χ2n) is 9.36. The van der Waals surface area contributed by atoms with Crippen molar-refractivity contribution in [3.63, 3.8) is 0 Å². The lowest BCUT2D eigenvalue weighted by molar-refractivity contribution is -0.146. The molecule has 3 N–H and O–H groups in total. The van der Waals surface area contributed by atoms with Crippen molar-refractivity contribution in [1.82, 2.24) is 0 Å². The second kappa shape index (κ2) is 21.0. The van der Waals surface area contributed by atoms with Gasteiger partial charge in [-0.15, -0.1) is 0 Å². The molecule has 0 aliphatic heterocycles. The van der Waals surface area contributed by atoms with Crippen LogP contribution in [0.15, 0.2) is 30.3 Å². The van der Waals surface area contributed by atoms with Crippen LogP contribution in [-0.2, 0) is 14.3 Å². The molecule has 6 nitrogen and oxygen atoms in total. The van der Waals surface area contributed by atoms with E-state index in [-0.39, 0.29) is 6.61 Å². The van der Waals surface area contributed by atoms with Gasteiger partial charge in [-0.2, -0.15) is 0 Å². The molecule has 0 aliphatic rings. The predicted octanol–water partition coefficient (Wildman–Crippen LogP) is 6.97. The lowest BCUT2D eigenvalue weighted by Gasteiger charge is -2.08. The van der Waals surface area contributed by atoms with E-state index in [0.717, 1.165) is 17.8 Å². The number of aliphatic carboxylic acids is 1. The highest BCUT2D eigenvalue weighted by molar-refractivity contribution is 5.87. The van der Waals surface area contributed by atoms with Crippen LogP contribution in [0.3, 0.4) is 0 Å². The van der Waals surface area contributed by atoms with Gasteiger partial charge in [0.15, 0.2) is 0 Å². The summed E-state index contributed by atoms with van der Waals surface area (Å²) in [6.45, 7) is 2.89. The molecular formula is C29H47NO5. The summed E-state index contributed by atoms with van der Waals surface area (Å²) in [6, 6.07) is 7.78. The number of hydrogen-bond acceptors (Lipinski definition) is 5. The number of rotatable bonds is 22. The Bertz CT molecular complexity index is 702. The van der Waals surface area contributed by atoms with Crippen LogP contribution in [0.2, 0.25) is 0 Å². The lowest BCUT2D eigenvalue weighted by atomic mass is 10.0. The molecule has 6 heteroatoms. The SMILES string of the molecule is CCCCCCCCCCCCCCCCNc1ccc(C=CC(=O)OCC(O)CC(=O)O)cc1. The number of carboxylic acid groups (broad SMARTS) is 1. The van der Waals surface area contributed by atoms with E-state index in [9.17, 15) is 14.7 Å². The first kappa shape index (κ1) is 30.7. The summed E-state index contributed by atoms with van der Waals surface area (Å²) in [6.07, 6.45) is 20.3. The minimum absolute atomic E-state index is 0.336. The van der Waals surface area contributed by atoms with Crippen molar-refractivity contribution in [2.24, 2.45) is 0 Å². The van der Waals surface area contributed by atoms with Crippen LogP contribution >= 0.6 is 0 Å². The first-order chi connectivity index (χ1) is 17.0. The number of unbranched alkanes of at least 4 members (excludes halogenated alkanes) is 13. The number of aliphatic hydroxyl groups is 1. The highest BCUT2D eigenvalue weighted by Crippen LogP contribution is 2.14. The maximum atomic E-state index is 11.7. The second-order valence-corrected chi connectivity index (χ2v) is 9.36. The fourth-order valence-electron chi connectivity index (χ4n) is 3.92. The van der Waals surface area contributed by atoms with E-state index in [1.165, 1.54) is 96.0 Å². The first-order valence-electron chi connectivity index (χ1n) is 13.6. The van der Waals surface area contributed by atoms with Crippen LogP contribution in [0.1, 0.15) is 109 Å². The van der Waals surface area contributed by atoms with Gasteiger partial charge in [-0.05, 0) is 30.2 Å². The molecular weight excluding hydrogens is 442 g/mol. The average Bonchev–Trinajstić information content (AvgIpc) is 2.84. The molecule has 0 bridgehead atoms. The molecule has 0 saturated heterocycles. The molecule has 0 fully saturated rings. The highest BCUT2D eigenvalue weighted by Gasteiger charge is 2.11. The summed E-state index contributed by atoms with van der Waals surface area (Å²) in [7, 11) is 0. The van der Waals surface area contributed by atoms with Gasteiger partial charge in [0, 0.05) is 18.3 Å². The molecule has 0 saturated carbocycles. The maximum absolute atomic E-state index is 11.7. The molecule has 198 valence electrons. The summed E-state index contributed by atoms with van der Waals surface area (Å²) >= 11 is 0. The van der Waals surface area contributed by atoms with E-state index in [2.05, 4.69) is 12.2 Å². The first-order valence-corrected chi connectivity index (χ1v) is 13.6. The van der Waals surface area contributed by atoms with Crippen LogP contribution in [0, 0.1) is 0 Å². The van der Waals surface area contributed by atoms with E-state index >= 15 is 0 Å². The molecule has 0 heterocycles. The zero-order chi connectivity index (χ0) is 25.6. The Balaban J connectivity index is 2.01. The van der Waals surface area contributed by atoms with Gasteiger partial charge >= 0.3 is 11.9 Å². The molecule has 1 atom stereocenters. The Kier molecular flexibility index (Phi) is 18.4. The van der Waals surface area contributed by atoms with Gasteiger partial charge in [-0.25, -0.2) is 4.79 Å². The molecule has 35 heavy (non-hydrogen) atoms. The van der Waals surface area contributed by atoms with Crippen molar-refractivity contribution in [3.05, 3.63) is 35.9 Å². The minimum atomic E-state index is -1.20. The number of hydrogen-bond donors (Lipinski definition) is 3. The lowest BCUT2D eigenvalue weighted by Crippen LogP contribution is -2.20. The highest BCUT2D eigenvalue weighted by atomic mass is 16.5. The van der Waals surface area contributed by atoms with E-state index in [1.54, 1.807) is 6.08 Å². The van der Waals surface area contributed by atoms with Crippen molar-refractivity contribution < 1.29 is 24.5 Å². The summed E-state index contributed by atoms with van der Waals surface area (Å²) in [4.78, 5) is 22.1. The zero-order valence-corrected chi connectivity index (χ0v) is 21.7. The molecule has 1 aromatic carbocycles. The van der Waals surface area contributed by atoms with Gasteiger partial charge < -0.3 is 20.3 Å². The number of benzene rings is 1. The van der Waals surface area contributed by atoms with Gasteiger partial charge in [-0.3, -0.25) is 4.79 Å². The Morgan fingerprint density at radius 3 is 1.89 bits per heavy atom. The normalized spacial score (nSPS) is 12.1. The molecule has 0 amide bonds. The number of aliphatic hydroxyl groups excluding tert-OH is 1. The van der Waals surface area contributed by atoms with Crippen molar-refractivity contribution >= 4 is 23.7 Å². The van der Waals surface area contributed by atoms with Gasteiger partial charge in [0.25, 0.3) is 0 Å². The van der Waals surface area contributed by atoms with Crippen LogP contribution in [0.5, 0.6) is 0 Å². The fourth-order valence-corrected chi connectivity index (χ4v) is 3.92. The number of ether oxygens (including phenoxy) is 1. The Morgan fingerprint density at radius 2 is 1.37 bits per heavy atom. The number of carbonyl (C=O) groups is 2. The smallest absolute Gasteiger partial charge is 0.330 e. The number of anilines is 1. The number of esters is 1. The van der Waals surface area contributed by atoms with Crippen molar-refractivity contribution in [1.29, 1.82) is 0 Å². The summed E-state index contributed by atoms with van der Waals surface area (Å²) in [5.41, 5.74) is 1.91. The van der Waals surface area contributed by atoms with E-state index in [4.69, 9.17) is 9.84 Å². The maximum Gasteiger partial charge on any atom is 0.330 e. The van der Waals surface area contributed by atoms with Crippen LogP contribution in [0.4, 0.5) is 5.69 Å². The van der Waals surface area contributed by atoms with E-state index in [0.29, 0.717) is 0 Å². The van der Waals surface area contributed by atoms with Gasteiger partial charge in [0.1, 0.15) is 6.61 Å². The topological polar surface area (TPSA) is 95.9 Å². The number of carboxylic acids is 1. The Labute approximate surface area is 212 Å². The molecule has 1 aromatic rings. The third kappa shape index (κ3) is 18.6. The molecule has 0 spiro atoms. The predicted molar refractivity (Wildman–Crippen MR) is 143 cm³/mol. The molecule has 0 radical (unpaired) electrons. The average molecular weight is 490 g/mol. The van der Waals surface area contributed by atoms with Gasteiger partial charge in [0.2, 0.25) is 0 Å². The molecule has 0 aromatic heterocycles. The number of carbonyl (C=O) groups excluding carboxylic acids is 1. The molecule has 1 rings (SSSR count). The van der Waals surface area contributed by atoms with Crippen LogP contribution in [-0.4, -0.2) is 41.4 Å². The summed E-state index contributed by atoms with van der Waals surface area (Å²) < 4.78 is 4.84. The van der Waals surface area contributed by atoms with Crippen LogP contribution in [0.25, 0.3) is 6.08 Å². The standard InChI is InChI=1S/C29H47NO5/c1-2-3-4-5-6-7-8-9-10-11-12-13-14-15-22-30-26-19-16-25(17-20-26)18-21-29(34)35-24-27(31)23-28(32)33/h16-21,27,30-31H,2-15,22-24H2,1H3,(H,32,33). The van der Waals surface area contributed by atoms with Gasteiger partial charge in [-0.1, -0.05) is 103 Å². The van der Waals surface area contributed by atoms with Crippen molar-refractivity contribution in [2.75, 3.05) is 18.5 Å². The zero-order valence-electron chi connectivity index (χ0n) is 21.7. The van der Waals surface area contributed by atoms with E-state index in [1.807, 2.05) is 24.3 Å². The largest absolute Gasteiger partial charge is 0.481 e. The molecule has 1 unspecified atom stereocenters. The third-order valence-electron chi connectivity index (χ3n) is 6.01. The van der Waals surface area contributed by atoms with Crippen molar-refractivity contribution in [3.8, 4) is 0 Å².